The Hall–Kier alpha value is -3.45. The summed E-state index contributed by atoms with van der Waals surface area (Å²) in [7, 11) is -3.75. The van der Waals surface area contributed by atoms with Crippen LogP contribution in [-0.4, -0.2) is 44.2 Å². The van der Waals surface area contributed by atoms with Crippen molar-refractivity contribution in [3.8, 4) is 12.3 Å². The molecule has 1 unspecified atom stereocenters. The van der Waals surface area contributed by atoms with Gasteiger partial charge in [-0.25, -0.2) is 8.42 Å². The van der Waals surface area contributed by atoms with Crippen molar-refractivity contribution in [2.75, 3.05) is 29.9 Å². The lowest BCUT2D eigenvalue weighted by molar-refractivity contribution is -0.121. The highest BCUT2D eigenvalue weighted by Crippen LogP contribution is 2.45. The Morgan fingerprint density at radius 3 is 2.85 bits per heavy atom. The standard InChI is InChI=1S/C32H35N3O4S2/c1-4-7-11-22(6-3)28-17-18-29(40-28)41(38,39)34-19-10-12-23(21-34)31(36)33-26-15-16-27-30-24(26)13-9-14-25(30)32(37)35(27)20-8-5-2/h1,6-7,11,14-18,23H,5,8-10,12-13,19-21H2,2-3H3,(H,33,36)/b11-7-,22-6+. The zero-order valence-corrected chi connectivity index (χ0v) is 25.1. The summed E-state index contributed by atoms with van der Waals surface area (Å²) < 4.78 is 28.8. The highest BCUT2D eigenvalue weighted by atomic mass is 32.2. The van der Waals surface area contributed by atoms with E-state index in [9.17, 15) is 18.0 Å². The summed E-state index contributed by atoms with van der Waals surface area (Å²) in [6, 6.07) is 7.23. The number of rotatable bonds is 9. The minimum Gasteiger partial charge on any atom is -0.326 e. The fraction of sp³-hybridized carbons (Fsp3) is 0.375. The molecule has 0 spiro atoms. The van der Waals surface area contributed by atoms with Crippen LogP contribution in [0.3, 0.4) is 0 Å². The minimum atomic E-state index is -3.75. The number of unbranched alkanes of at least 4 members (excludes halogenated alkanes) is 1. The molecule has 0 saturated carbocycles. The number of benzene rings is 1. The molecular weight excluding hydrogens is 555 g/mol. The van der Waals surface area contributed by atoms with E-state index in [0.29, 0.717) is 31.6 Å². The van der Waals surface area contributed by atoms with Gasteiger partial charge in [-0.3, -0.25) is 9.59 Å². The monoisotopic (exact) mass is 589 g/mol. The molecule has 2 amide bonds. The molecule has 1 saturated heterocycles. The highest BCUT2D eigenvalue weighted by molar-refractivity contribution is 7.91. The summed E-state index contributed by atoms with van der Waals surface area (Å²) in [6.07, 6.45) is 17.2. The number of nitrogens with zero attached hydrogens (tertiary/aromatic N) is 2. The first-order valence-corrected chi connectivity index (χ1v) is 16.4. The van der Waals surface area contributed by atoms with Crippen molar-refractivity contribution in [2.45, 2.75) is 56.6 Å². The SMILES string of the molecule is C#C/C=C\C(=C/C)c1ccc(S(=O)(=O)N2CCCC(C(=O)Nc3ccc4c5c3CCC=C5C(=O)N4CCCC)C2)s1. The summed E-state index contributed by atoms with van der Waals surface area (Å²) in [5.74, 6) is 1.84. The lowest BCUT2D eigenvalue weighted by atomic mass is 9.90. The van der Waals surface area contributed by atoms with E-state index in [0.717, 1.165) is 58.5 Å². The quantitative estimate of drug-likeness (QED) is 0.293. The van der Waals surface area contributed by atoms with Crippen molar-refractivity contribution in [3.63, 3.8) is 0 Å². The predicted molar refractivity (Wildman–Crippen MR) is 166 cm³/mol. The number of hydrogen-bond acceptors (Lipinski definition) is 5. The number of anilines is 2. The van der Waals surface area contributed by atoms with Gasteiger partial charge in [-0.1, -0.05) is 31.4 Å². The van der Waals surface area contributed by atoms with Gasteiger partial charge in [0.15, 0.2) is 0 Å². The Bertz CT molecular complexity index is 1610. The maximum atomic E-state index is 13.6. The van der Waals surface area contributed by atoms with E-state index < -0.39 is 15.9 Å². The number of terminal acetylenes is 1. The topological polar surface area (TPSA) is 86.8 Å². The van der Waals surface area contributed by atoms with Gasteiger partial charge >= 0.3 is 0 Å². The zero-order valence-electron chi connectivity index (χ0n) is 23.5. The number of carbonyl (C=O) groups excluding carboxylic acids is 2. The Kier molecular flexibility index (Phi) is 8.64. The smallest absolute Gasteiger partial charge is 0.258 e. The third kappa shape index (κ3) is 5.56. The average molecular weight is 590 g/mol. The number of nitrogens with one attached hydrogen (secondary N) is 1. The Balaban J connectivity index is 1.32. The van der Waals surface area contributed by atoms with Crippen molar-refractivity contribution in [1.82, 2.24) is 4.31 Å². The molecule has 1 fully saturated rings. The average Bonchev–Trinajstić information content (AvgIpc) is 3.59. The van der Waals surface area contributed by atoms with Gasteiger partial charge in [0.05, 0.1) is 11.6 Å². The molecule has 1 aromatic carbocycles. The molecule has 0 radical (unpaired) electrons. The number of amides is 2. The summed E-state index contributed by atoms with van der Waals surface area (Å²) in [5.41, 5.74) is 5.15. The molecule has 2 aromatic rings. The third-order valence-electron chi connectivity index (χ3n) is 7.95. The molecular formula is C32H35N3O4S2. The second-order valence-corrected chi connectivity index (χ2v) is 13.8. The van der Waals surface area contributed by atoms with Gasteiger partial charge in [0.2, 0.25) is 5.91 Å². The number of hydrogen-bond donors (Lipinski definition) is 1. The van der Waals surface area contributed by atoms with Crippen LogP contribution in [0.5, 0.6) is 0 Å². The molecule has 2 aliphatic heterocycles. The molecule has 1 aromatic heterocycles. The van der Waals surface area contributed by atoms with Crippen molar-refractivity contribution < 1.29 is 18.0 Å². The van der Waals surface area contributed by atoms with Crippen molar-refractivity contribution in [1.29, 1.82) is 0 Å². The summed E-state index contributed by atoms with van der Waals surface area (Å²) in [5, 5.41) is 3.10. The van der Waals surface area contributed by atoms with Crippen molar-refractivity contribution in [2.24, 2.45) is 5.92 Å². The van der Waals surface area contributed by atoms with Crippen LogP contribution < -0.4 is 10.2 Å². The van der Waals surface area contributed by atoms with E-state index in [2.05, 4.69) is 18.2 Å². The van der Waals surface area contributed by atoms with Crippen LogP contribution in [0.4, 0.5) is 11.4 Å². The number of carbonyl (C=O) groups is 2. The molecule has 3 aliphatic rings. The molecule has 5 rings (SSSR count). The fourth-order valence-electron chi connectivity index (χ4n) is 5.80. The van der Waals surface area contributed by atoms with E-state index in [-0.39, 0.29) is 22.6 Å². The molecule has 1 atom stereocenters. The molecule has 7 nitrogen and oxygen atoms in total. The summed E-state index contributed by atoms with van der Waals surface area (Å²) >= 11 is 1.20. The van der Waals surface area contributed by atoms with Gasteiger partial charge in [0, 0.05) is 41.3 Å². The normalized spacial score (nSPS) is 19.3. The van der Waals surface area contributed by atoms with Gasteiger partial charge in [0.1, 0.15) is 4.21 Å². The van der Waals surface area contributed by atoms with E-state index in [1.807, 2.05) is 36.1 Å². The number of allylic oxidation sites excluding steroid dienone is 5. The van der Waals surface area contributed by atoms with E-state index in [1.54, 1.807) is 24.3 Å². The van der Waals surface area contributed by atoms with Crippen LogP contribution in [0.15, 0.2) is 52.8 Å². The molecule has 1 aliphatic carbocycles. The Morgan fingerprint density at radius 1 is 1.27 bits per heavy atom. The highest BCUT2D eigenvalue weighted by Gasteiger charge is 2.38. The molecule has 1 N–H and O–H groups in total. The van der Waals surface area contributed by atoms with Gasteiger partial charge in [-0.15, -0.1) is 17.8 Å². The Morgan fingerprint density at radius 2 is 2.10 bits per heavy atom. The second-order valence-electron chi connectivity index (χ2n) is 10.5. The zero-order chi connectivity index (χ0) is 29.1. The van der Waals surface area contributed by atoms with E-state index in [1.165, 1.54) is 15.6 Å². The first-order chi connectivity index (χ1) is 19.8. The van der Waals surface area contributed by atoms with Gasteiger partial charge in [-0.2, -0.15) is 4.31 Å². The second kappa shape index (κ2) is 12.2. The predicted octanol–water partition coefficient (Wildman–Crippen LogP) is 5.86. The van der Waals surface area contributed by atoms with Crippen molar-refractivity contribution in [3.05, 3.63) is 64.6 Å². The van der Waals surface area contributed by atoms with Gasteiger partial charge < -0.3 is 10.2 Å². The van der Waals surface area contributed by atoms with E-state index >= 15 is 0 Å². The molecule has 3 heterocycles. The van der Waals surface area contributed by atoms with Crippen LogP contribution in [-0.2, 0) is 26.0 Å². The molecule has 214 valence electrons. The Labute approximate surface area is 246 Å². The first kappa shape index (κ1) is 29.1. The van der Waals surface area contributed by atoms with Crippen LogP contribution >= 0.6 is 11.3 Å². The van der Waals surface area contributed by atoms with E-state index in [4.69, 9.17) is 6.42 Å². The molecule has 41 heavy (non-hydrogen) atoms. The fourth-order valence-corrected chi connectivity index (χ4v) is 8.84. The molecule has 9 heteroatoms. The minimum absolute atomic E-state index is 0.0383. The first-order valence-electron chi connectivity index (χ1n) is 14.2. The van der Waals surface area contributed by atoms with Gasteiger partial charge in [-0.05, 0) is 86.6 Å². The largest absolute Gasteiger partial charge is 0.326 e. The van der Waals surface area contributed by atoms with Gasteiger partial charge in [0.25, 0.3) is 15.9 Å². The lowest BCUT2D eigenvalue weighted by Gasteiger charge is -2.31. The van der Waals surface area contributed by atoms with Crippen LogP contribution in [0.25, 0.3) is 11.1 Å². The van der Waals surface area contributed by atoms with Crippen molar-refractivity contribution >= 4 is 55.7 Å². The molecule has 0 bridgehead atoms. The van der Waals surface area contributed by atoms with Crippen LogP contribution in [0, 0.1) is 18.3 Å². The number of sulfonamides is 1. The lowest BCUT2D eigenvalue weighted by Crippen LogP contribution is -2.43. The maximum absolute atomic E-state index is 13.6. The maximum Gasteiger partial charge on any atom is 0.258 e. The third-order valence-corrected chi connectivity index (χ3v) is 11.4. The summed E-state index contributed by atoms with van der Waals surface area (Å²) in [4.78, 5) is 29.3. The number of thiophene rings is 1. The number of piperidine rings is 1. The summed E-state index contributed by atoms with van der Waals surface area (Å²) in [6.45, 7) is 5.17. The van der Waals surface area contributed by atoms with Crippen LogP contribution in [0.1, 0.15) is 62.0 Å². The van der Waals surface area contributed by atoms with Crippen LogP contribution in [0.2, 0.25) is 0 Å².